The van der Waals surface area contributed by atoms with Crippen LogP contribution in [-0.4, -0.2) is 102 Å². The Morgan fingerprint density at radius 1 is 0.894 bits per heavy atom. The number of carbonyl (C=O) groups is 4. The first kappa shape index (κ1) is 42.6. The number of nitrogens with zero attached hydrogens (tertiary/aromatic N) is 5. The summed E-state index contributed by atoms with van der Waals surface area (Å²) in [5, 5.41) is 25.9. The van der Waals surface area contributed by atoms with Crippen LogP contribution in [0, 0.1) is 5.92 Å². The quantitative estimate of drug-likeness (QED) is 0.369. The number of hydrogen-bond donors (Lipinski definition) is 3. The van der Waals surface area contributed by atoms with Crippen LogP contribution in [0.1, 0.15) is 47.7 Å². The van der Waals surface area contributed by atoms with Crippen LogP contribution in [0.25, 0.3) is 0 Å². The smallest absolute Gasteiger partial charge is 0.475 e. The standard InChI is InChI=1S/C20H29N5O.3C2HF3O2/c1-15(2)8-11-25-12-9-17-18(14-25)24(4)22-19(17)20(26)23(3)13-16-7-5-6-10-21-16;3*3-2(4,5)1(6)7/h5-7,10,15H,8-9,11-14H2,1-4H3;3*(H,6,7). The number of alkyl halides is 9. The Labute approximate surface area is 261 Å². The molecule has 47 heavy (non-hydrogen) atoms. The second kappa shape index (κ2) is 18.0. The molecule has 12 nitrogen and oxygen atoms in total. The fraction of sp³-hybridized carbons (Fsp3) is 0.538. The molecule has 0 saturated carbocycles. The molecular weight excluding hydrogens is 665 g/mol. The minimum Gasteiger partial charge on any atom is -0.475 e. The highest BCUT2D eigenvalue weighted by molar-refractivity contribution is 5.94. The van der Waals surface area contributed by atoms with E-state index in [2.05, 4.69) is 28.8 Å². The van der Waals surface area contributed by atoms with Crippen LogP contribution >= 0.6 is 0 Å². The topological polar surface area (TPSA) is 166 Å². The van der Waals surface area contributed by atoms with E-state index in [-0.39, 0.29) is 5.91 Å². The predicted octanol–water partition coefficient (Wildman–Crippen LogP) is 4.39. The molecule has 0 radical (unpaired) electrons. The van der Waals surface area contributed by atoms with Gasteiger partial charge in [-0.15, -0.1) is 0 Å². The number of rotatable bonds is 6. The lowest BCUT2D eigenvalue weighted by atomic mass is 10.0. The van der Waals surface area contributed by atoms with Gasteiger partial charge in [-0.05, 0) is 37.4 Å². The summed E-state index contributed by atoms with van der Waals surface area (Å²) in [6.45, 7) is 7.98. The molecule has 0 atom stereocenters. The normalized spacial score (nSPS) is 13.1. The number of carboxylic acids is 3. The Morgan fingerprint density at radius 3 is 1.74 bits per heavy atom. The zero-order valence-electron chi connectivity index (χ0n) is 25.2. The molecule has 0 bridgehead atoms. The molecule has 0 fully saturated rings. The Kier molecular flexibility index (Phi) is 16.3. The molecule has 2 aromatic rings. The average Bonchev–Trinajstić information content (AvgIpc) is 3.27. The number of aryl methyl sites for hydroxylation is 1. The number of amides is 1. The number of carboxylic acid groups (broad SMARTS) is 3. The van der Waals surface area contributed by atoms with E-state index in [1.54, 1.807) is 11.1 Å². The van der Waals surface area contributed by atoms with Gasteiger partial charge in [-0.3, -0.25) is 19.4 Å². The number of aliphatic carboxylic acids is 3. The van der Waals surface area contributed by atoms with Crippen LogP contribution in [0.3, 0.4) is 0 Å². The van der Waals surface area contributed by atoms with Crippen LogP contribution in [0.2, 0.25) is 0 Å². The van der Waals surface area contributed by atoms with Crippen LogP contribution in [0.4, 0.5) is 39.5 Å². The third-order valence-electron chi connectivity index (χ3n) is 5.75. The summed E-state index contributed by atoms with van der Waals surface area (Å²) >= 11 is 0. The number of aromatic nitrogens is 3. The fourth-order valence-corrected chi connectivity index (χ4v) is 3.41. The summed E-state index contributed by atoms with van der Waals surface area (Å²) in [6, 6.07) is 5.75. The molecule has 3 heterocycles. The van der Waals surface area contributed by atoms with Crippen LogP contribution in [0.15, 0.2) is 24.4 Å². The van der Waals surface area contributed by atoms with Gasteiger partial charge in [0.2, 0.25) is 0 Å². The van der Waals surface area contributed by atoms with Gasteiger partial charge >= 0.3 is 36.4 Å². The second-order valence-corrected chi connectivity index (χ2v) is 10.00. The third kappa shape index (κ3) is 16.1. The predicted molar refractivity (Wildman–Crippen MR) is 143 cm³/mol. The zero-order valence-corrected chi connectivity index (χ0v) is 25.2. The monoisotopic (exact) mass is 697 g/mol. The highest BCUT2D eigenvalue weighted by atomic mass is 19.4. The molecule has 21 heteroatoms. The first-order valence-electron chi connectivity index (χ1n) is 13.1. The molecule has 3 rings (SSSR count). The van der Waals surface area contributed by atoms with Gasteiger partial charge in [0.1, 0.15) is 0 Å². The van der Waals surface area contributed by atoms with Crippen molar-refractivity contribution in [2.24, 2.45) is 13.0 Å². The van der Waals surface area contributed by atoms with Crippen molar-refractivity contribution in [3.8, 4) is 0 Å². The molecule has 0 aromatic carbocycles. The van der Waals surface area contributed by atoms with Gasteiger partial charge in [-0.1, -0.05) is 19.9 Å². The summed E-state index contributed by atoms with van der Waals surface area (Å²) in [7, 11) is 3.76. The maximum Gasteiger partial charge on any atom is 0.490 e. The van der Waals surface area contributed by atoms with E-state index in [9.17, 15) is 44.3 Å². The van der Waals surface area contributed by atoms with E-state index < -0.39 is 36.4 Å². The molecule has 0 unspecified atom stereocenters. The number of halogens is 9. The Balaban J connectivity index is 0.000000820. The SMILES string of the molecule is CC(C)CCN1CCc2c(C(=O)N(C)Cc3ccccn3)nn(C)c2C1.O=C(O)C(F)(F)F.O=C(O)C(F)(F)F.O=C(O)C(F)(F)F. The Morgan fingerprint density at radius 2 is 1.36 bits per heavy atom. The molecule has 0 saturated heterocycles. The largest absolute Gasteiger partial charge is 0.490 e. The Bertz CT molecular complexity index is 1270. The zero-order chi connectivity index (χ0) is 36.9. The number of carbonyl (C=O) groups excluding carboxylic acids is 1. The molecule has 266 valence electrons. The molecule has 3 N–H and O–H groups in total. The van der Waals surface area contributed by atoms with Gasteiger partial charge in [0.15, 0.2) is 5.69 Å². The van der Waals surface area contributed by atoms with Gasteiger partial charge in [-0.25, -0.2) is 14.4 Å². The minimum atomic E-state index is -5.08. The lowest BCUT2D eigenvalue weighted by Crippen LogP contribution is -2.33. The van der Waals surface area contributed by atoms with E-state index in [0.29, 0.717) is 18.2 Å². The van der Waals surface area contributed by atoms with Crippen molar-refractivity contribution in [1.29, 1.82) is 0 Å². The summed E-state index contributed by atoms with van der Waals surface area (Å²) in [4.78, 5) is 48.1. The molecule has 1 amide bonds. The first-order valence-corrected chi connectivity index (χ1v) is 13.1. The van der Waals surface area contributed by atoms with Crippen LogP contribution < -0.4 is 0 Å². The van der Waals surface area contributed by atoms with E-state index >= 15 is 0 Å². The molecule has 1 aliphatic rings. The number of hydrogen-bond acceptors (Lipinski definition) is 7. The summed E-state index contributed by atoms with van der Waals surface area (Å²) in [5.74, 6) is -7.59. The molecule has 1 aliphatic heterocycles. The molecule has 0 aliphatic carbocycles. The molecular formula is C26H32F9N5O7. The van der Waals surface area contributed by atoms with Crippen molar-refractivity contribution in [3.05, 3.63) is 47.0 Å². The van der Waals surface area contributed by atoms with E-state index in [4.69, 9.17) is 29.7 Å². The van der Waals surface area contributed by atoms with Gasteiger partial charge in [0.25, 0.3) is 5.91 Å². The van der Waals surface area contributed by atoms with Gasteiger partial charge in [0.05, 0.1) is 17.9 Å². The van der Waals surface area contributed by atoms with Gasteiger partial charge < -0.3 is 20.2 Å². The third-order valence-corrected chi connectivity index (χ3v) is 5.75. The average molecular weight is 698 g/mol. The molecule has 0 spiro atoms. The lowest BCUT2D eigenvalue weighted by Gasteiger charge is -2.28. The minimum absolute atomic E-state index is 0.0249. The summed E-state index contributed by atoms with van der Waals surface area (Å²) < 4.78 is 97.1. The van der Waals surface area contributed by atoms with Crippen molar-refractivity contribution >= 4 is 23.8 Å². The van der Waals surface area contributed by atoms with Gasteiger partial charge in [-0.2, -0.15) is 44.6 Å². The maximum absolute atomic E-state index is 12.9. The fourth-order valence-electron chi connectivity index (χ4n) is 3.41. The van der Waals surface area contributed by atoms with Gasteiger partial charge in [0, 0.05) is 38.9 Å². The maximum atomic E-state index is 12.9. The molecule has 2 aromatic heterocycles. The summed E-state index contributed by atoms with van der Waals surface area (Å²) in [5.41, 5.74) is 3.78. The second-order valence-electron chi connectivity index (χ2n) is 10.00. The first-order chi connectivity index (χ1) is 21.3. The van der Waals surface area contributed by atoms with E-state index in [1.165, 1.54) is 12.1 Å². The van der Waals surface area contributed by atoms with Crippen LogP contribution in [-0.2, 0) is 40.9 Å². The van der Waals surface area contributed by atoms with Crippen molar-refractivity contribution < 1.29 is 74.0 Å². The van der Waals surface area contributed by atoms with Crippen LogP contribution in [0.5, 0.6) is 0 Å². The van der Waals surface area contributed by atoms with Crippen molar-refractivity contribution in [3.63, 3.8) is 0 Å². The highest BCUT2D eigenvalue weighted by Gasteiger charge is 2.39. The van der Waals surface area contributed by atoms with E-state index in [0.717, 1.165) is 37.3 Å². The lowest BCUT2D eigenvalue weighted by molar-refractivity contribution is -0.193. The van der Waals surface area contributed by atoms with Crippen molar-refractivity contribution in [2.75, 3.05) is 20.1 Å². The highest BCUT2D eigenvalue weighted by Crippen LogP contribution is 2.24. The number of fused-ring (bicyclic) bond motifs is 1. The summed E-state index contributed by atoms with van der Waals surface area (Å²) in [6.07, 6.45) is -11.4. The van der Waals surface area contributed by atoms with Crippen molar-refractivity contribution in [1.82, 2.24) is 24.6 Å². The Hall–Kier alpha value is -4.43. The number of pyridine rings is 1. The van der Waals surface area contributed by atoms with Crippen molar-refractivity contribution in [2.45, 2.75) is 58.3 Å². The van der Waals surface area contributed by atoms with E-state index in [1.807, 2.05) is 37.0 Å².